The molecule has 0 heterocycles. The molecule has 21 heavy (non-hydrogen) atoms. The Balaban J connectivity index is 2.36. The van der Waals surface area contributed by atoms with Crippen LogP contribution in [-0.4, -0.2) is 15.9 Å². The van der Waals surface area contributed by atoms with E-state index in [1.54, 1.807) is 0 Å². The minimum Gasteiger partial charge on any atom is -0.508 e. The van der Waals surface area contributed by atoms with Crippen molar-refractivity contribution in [2.75, 3.05) is 5.32 Å². The molecular weight excluding hydrogens is 303 g/mol. The highest BCUT2D eigenvalue weighted by Gasteiger charge is 2.21. The summed E-state index contributed by atoms with van der Waals surface area (Å²) in [6.07, 6.45) is 0. The second-order valence-corrected chi connectivity index (χ2v) is 4.47. The molecular formula is C13H8ClFN2O4. The van der Waals surface area contributed by atoms with Gasteiger partial charge < -0.3 is 10.4 Å². The number of nitrogens with zero attached hydrogens (tertiary/aromatic N) is 1. The van der Waals surface area contributed by atoms with Gasteiger partial charge >= 0.3 is 0 Å². The van der Waals surface area contributed by atoms with Gasteiger partial charge in [-0.25, -0.2) is 4.39 Å². The molecule has 1 amide bonds. The Kier molecular flexibility index (Phi) is 4.04. The molecule has 0 bridgehead atoms. The number of phenols is 1. The Morgan fingerprint density at radius 1 is 1.29 bits per heavy atom. The van der Waals surface area contributed by atoms with E-state index in [-0.39, 0.29) is 22.0 Å². The molecule has 8 heteroatoms. The molecule has 6 nitrogen and oxygen atoms in total. The molecule has 2 aromatic rings. The van der Waals surface area contributed by atoms with E-state index in [9.17, 15) is 24.4 Å². The number of carbonyl (C=O) groups is 1. The number of hydrogen-bond acceptors (Lipinski definition) is 4. The highest BCUT2D eigenvalue weighted by atomic mass is 35.5. The number of halogens is 2. The summed E-state index contributed by atoms with van der Waals surface area (Å²) in [5.41, 5.74) is -1.06. The van der Waals surface area contributed by atoms with Crippen molar-refractivity contribution in [2.24, 2.45) is 0 Å². The van der Waals surface area contributed by atoms with E-state index in [0.717, 1.165) is 24.3 Å². The minimum absolute atomic E-state index is 0.147. The second kappa shape index (κ2) is 5.76. The van der Waals surface area contributed by atoms with E-state index in [1.165, 1.54) is 12.1 Å². The van der Waals surface area contributed by atoms with Crippen molar-refractivity contribution >= 4 is 28.9 Å². The summed E-state index contributed by atoms with van der Waals surface area (Å²) >= 11 is 5.58. The maximum Gasteiger partial charge on any atom is 0.282 e. The zero-order valence-electron chi connectivity index (χ0n) is 10.3. The first-order valence-electron chi connectivity index (χ1n) is 5.62. The molecule has 0 spiro atoms. The fraction of sp³-hybridized carbons (Fsp3) is 0. The summed E-state index contributed by atoms with van der Waals surface area (Å²) in [6.45, 7) is 0. The van der Waals surface area contributed by atoms with Crippen LogP contribution >= 0.6 is 11.6 Å². The van der Waals surface area contributed by atoms with Crippen LogP contribution in [0.2, 0.25) is 5.02 Å². The Labute approximate surface area is 122 Å². The molecule has 0 aromatic heterocycles. The molecule has 2 N–H and O–H groups in total. The average molecular weight is 311 g/mol. The number of benzene rings is 2. The van der Waals surface area contributed by atoms with Gasteiger partial charge in [0.05, 0.1) is 10.6 Å². The Bertz CT molecular complexity index is 736. The summed E-state index contributed by atoms with van der Waals surface area (Å²) in [4.78, 5) is 22.1. The smallest absolute Gasteiger partial charge is 0.282 e. The first kappa shape index (κ1) is 14.7. The largest absolute Gasteiger partial charge is 0.508 e. The lowest BCUT2D eigenvalue weighted by atomic mass is 10.1. The van der Waals surface area contributed by atoms with E-state index in [4.69, 9.17) is 11.6 Å². The van der Waals surface area contributed by atoms with Crippen molar-refractivity contribution < 1.29 is 19.2 Å². The van der Waals surface area contributed by atoms with Gasteiger partial charge in [-0.15, -0.1) is 0 Å². The van der Waals surface area contributed by atoms with E-state index in [2.05, 4.69) is 5.32 Å². The van der Waals surface area contributed by atoms with Gasteiger partial charge in [0, 0.05) is 11.1 Å². The molecule has 0 aliphatic carbocycles. The van der Waals surface area contributed by atoms with Gasteiger partial charge in [-0.1, -0.05) is 11.6 Å². The number of anilines is 1. The Morgan fingerprint density at radius 3 is 2.62 bits per heavy atom. The van der Waals surface area contributed by atoms with Gasteiger partial charge in [-0.2, -0.15) is 0 Å². The summed E-state index contributed by atoms with van der Waals surface area (Å²) in [7, 11) is 0. The highest BCUT2D eigenvalue weighted by Crippen LogP contribution is 2.25. The third-order valence-electron chi connectivity index (χ3n) is 2.60. The number of nitrogens with one attached hydrogen (secondary N) is 1. The van der Waals surface area contributed by atoms with E-state index < -0.39 is 22.3 Å². The summed E-state index contributed by atoms with van der Waals surface area (Å²) in [6, 6.07) is 6.58. The van der Waals surface area contributed by atoms with E-state index >= 15 is 0 Å². The van der Waals surface area contributed by atoms with Crippen LogP contribution in [0.15, 0.2) is 36.4 Å². The molecule has 0 aliphatic heterocycles. The first-order valence-corrected chi connectivity index (χ1v) is 6.00. The quantitative estimate of drug-likeness (QED) is 0.671. The predicted octanol–water partition coefficient (Wildman–Crippen LogP) is 3.35. The van der Waals surface area contributed by atoms with Crippen molar-refractivity contribution in [3.63, 3.8) is 0 Å². The minimum atomic E-state index is -0.918. The van der Waals surface area contributed by atoms with Crippen LogP contribution in [0.5, 0.6) is 5.75 Å². The third kappa shape index (κ3) is 3.26. The van der Waals surface area contributed by atoms with Crippen LogP contribution in [0.1, 0.15) is 10.4 Å². The van der Waals surface area contributed by atoms with Crippen molar-refractivity contribution in [1.29, 1.82) is 0 Å². The molecule has 0 saturated heterocycles. The molecule has 0 radical (unpaired) electrons. The van der Waals surface area contributed by atoms with Crippen LogP contribution in [0.4, 0.5) is 15.8 Å². The van der Waals surface area contributed by atoms with Crippen LogP contribution in [0, 0.1) is 15.9 Å². The van der Waals surface area contributed by atoms with Gasteiger partial charge in [0.15, 0.2) is 0 Å². The second-order valence-electron chi connectivity index (χ2n) is 4.04. The standard InChI is InChI=1S/C13H8ClFN2O4/c14-7-1-3-11(10(15)5-7)16-13(19)9-6-8(18)2-4-12(9)17(20)21/h1-6,18H,(H,16,19). The van der Waals surface area contributed by atoms with Gasteiger partial charge in [0.2, 0.25) is 0 Å². The summed E-state index contributed by atoms with van der Waals surface area (Å²) in [5, 5.41) is 22.5. The molecule has 2 aromatic carbocycles. The number of amides is 1. The van der Waals surface area contributed by atoms with Crippen LogP contribution in [-0.2, 0) is 0 Å². The summed E-state index contributed by atoms with van der Waals surface area (Å²) in [5.74, 6) is -2.01. The molecule has 2 rings (SSSR count). The number of phenolic OH excluding ortho intramolecular Hbond substituents is 1. The van der Waals surface area contributed by atoms with Crippen LogP contribution in [0.25, 0.3) is 0 Å². The van der Waals surface area contributed by atoms with Gasteiger partial charge in [0.1, 0.15) is 17.1 Å². The maximum atomic E-state index is 13.6. The lowest BCUT2D eigenvalue weighted by Gasteiger charge is -2.07. The van der Waals surface area contributed by atoms with E-state index in [1.807, 2.05) is 0 Å². The third-order valence-corrected chi connectivity index (χ3v) is 2.84. The van der Waals surface area contributed by atoms with Gasteiger partial charge in [0.25, 0.3) is 11.6 Å². The van der Waals surface area contributed by atoms with Gasteiger partial charge in [-0.3, -0.25) is 14.9 Å². The molecule has 108 valence electrons. The molecule has 0 saturated carbocycles. The van der Waals surface area contributed by atoms with Gasteiger partial charge in [-0.05, 0) is 30.3 Å². The molecule has 0 atom stereocenters. The SMILES string of the molecule is O=C(Nc1ccc(Cl)cc1F)c1cc(O)ccc1[N+](=O)[O-]. The zero-order valence-corrected chi connectivity index (χ0v) is 11.1. The number of aromatic hydroxyl groups is 1. The number of hydrogen-bond donors (Lipinski definition) is 2. The number of rotatable bonds is 3. The van der Waals surface area contributed by atoms with Crippen molar-refractivity contribution in [3.8, 4) is 5.75 Å². The maximum absolute atomic E-state index is 13.6. The number of carbonyl (C=O) groups excluding carboxylic acids is 1. The zero-order chi connectivity index (χ0) is 15.6. The molecule has 0 unspecified atom stereocenters. The average Bonchev–Trinajstić information content (AvgIpc) is 2.41. The molecule has 0 fully saturated rings. The molecule has 0 aliphatic rings. The topological polar surface area (TPSA) is 92.5 Å². The lowest BCUT2D eigenvalue weighted by molar-refractivity contribution is -0.385. The Hall–Kier alpha value is -2.67. The normalized spacial score (nSPS) is 10.2. The predicted molar refractivity (Wildman–Crippen MR) is 74.1 cm³/mol. The fourth-order valence-corrected chi connectivity index (χ4v) is 1.80. The van der Waals surface area contributed by atoms with Crippen LogP contribution < -0.4 is 5.32 Å². The first-order chi connectivity index (χ1) is 9.88. The fourth-order valence-electron chi connectivity index (χ4n) is 1.65. The Morgan fingerprint density at radius 2 is 2.00 bits per heavy atom. The van der Waals surface area contributed by atoms with Crippen molar-refractivity contribution in [3.05, 3.63) is 62.9 Å². The summed E-state index contributed by atoms with van der Waals surface area (Å²) < 4.78 is 13.6. The van der Waals surface area contributed by atoms with Crippen LogP contribution in [0.3, 0.4) is 0 Å². The lowest BCUT2D eigenvalue weighted by Crippen LogP contribution is -2.14. The van der Waals surface area contributed by atoms with Crippen molar-refractivity contribution in [1.82, 2.24) is 0 Å². The van der Waals surface area contributed by atoms with E-state index in [0.29, 0.717) is 0 Å². The number of nitro groups is 1. The monoisotopic (exact) mass is 310 g/mol. The highest BCUT2D eigenvalue weighted by molar-refractivity contribution is 6.30. The van der Waals surface area contributed by atoms with Crippen molar-refractivity contribution in [2.45, 2.75) is 0 Å². The number of nitro benzene ring substituents is 1.